The van der Waals surface area contributed by atoms with Crippen molar-refractivity contribution in [2.24, 2.45) is 11.5 Å². The van der Waals surface area contributed by atoms with Gasteiger partial charge in [0.25, 0.3) is 0 Å². The van der Waals surface area contributed by atoms with Crippen molar-refractivity contribution >= 4 is 78.2 Å². The lowest BCUT2D eigenvalue weighted by Gasteiger charge is -2.13. The molecule has 5 N–H and O–H groups in total. The van der Waals surface area contributed by atoms with Crippen molar-refractivity contribution in [1.29, 1.82) is 0 Å². The van der Waals surface area contributed by atoms with Gasteiger partial charge in [-0.25, -0.2) is 9.59 Å². The van der Waals surface area contributed by atoms with E-state index in [0.717, 1.165) is 17.6 Å². The first kappa shape index (κ1) is 41.9. The molecule has 2 aromatic rings. The highest BCUT2D eigenvalue weighted by molar-refractivity contribution is 7.98. The first-order chi connectivity index (χ1) is 20.6. The predicted molar refractivity (Wildman–Crippen MR) is 187 cm³/mol. The van der Waals surface area contributed by atoms with Crippen LogP contribution in [0.15, 0.2) is 60.4 Å². The highest BCUT2D eigenvalue weighted by Crippen LogP contribution is 2.30. The standard InChI is InChI=1S/C31H38N2O8S2.2ClH/c1-38-28-17-20(7-11-26(28)40-30(36)24(32)13-15-42-3)5-9-22(34)19-23(35)10-6-21-8-12-27(29(18-21)39-2)41-31(37)25(33)14-16-43-4;;/h5-12,17-19,24-25,34H,13-16,32-33H2,1-4H3;2*1H/b9-5+,10-6+,22-19-;;/t24-,25-;;/m0../s1. The summed E-state index contributed by atoms with van der Waals surface area (Å²) in [5.41, 5.74) is 13.0. The molecule has 0 heterocycles. The molecule has 2 aromatic carbocycles. The normalized spacial score (nSPS) is 12.5. The number of halogens is 2. The van der Waals surface area contributed by atoms with Gasteiger partial charge in [-0.1, -0.05) is 24.3 Å². The molecule has 14 heteroatoms. The van der Waals surface area contributed by atoms with Crippen molar-refractivity contribution in [3.8, 4) is 23.0 Å². The van der Waals surface area contributed by atoms with E-state index in [2.05, 4.69) is 0 Å². The number of ketones is 1. The van der Waals surface area contributed by atoms with Crippen LogP contribution in [0.25, 0.3) is 12.2 Å². The molecule has 0 radical (unpaired) electrons. The van der Waals surface area contributed by atoms with Crippen LogP contribution in [0.4, 0.5) is 0 Å². The Bertz CT molecular complexity index is 1350. The summed E-state index contributed by atoms with van der Waals surface area (Å²) in [7, 11) is 2.88. The highest BCUT2D eigenvalue weighted by Gasteiger charge is 2.19. The van der Waals surface area contributed by atoms with E-state index in [1.165, 1.54) is 32.4 Å². The fourth-order valence-electron chi connectivity index (χ4n) is 3.44. The quantitative estimate of drug-likeness (QED) is 0.0646. The third-order valence-corrected chi connectivity index (χ3v) is 7.13. The number of esters is 2. The minimum atomic E-state index is -0.743. The molecular formula is C31H40Cl2N2O8S2. The average Bonchev–Trinajstić information content (AvgIpc) is 3.01. The number of carbonyl (C=O) groups excluding carboxylic acids is 3. The number of rotatable bonds is 17. The zero-order valence-corrected chi connectivity index (χ0v) is 28.7. The van der Waals surface area contributed by atoms with Crippen molar-refractivity contribution < 1.29 is 38.4 Å². The lowest BCUT2D eigenvalue weighted by molar-refractivity contribution is -0.136. The van der Waals surface area contributed by atoms with E-state index in [1.807, 2.05) is 12.5 Å². The Kier molecular flexibility index (Phi) is 20.8. The minimum absolute atomic E-state index is 0. The van der Waals surface area contributed by atoms with Gasteiger partial charge in [-0.2, -0.15) is 23.5 Å². The molecule has 0 fully saturated rings. The predicted octanol–water partition coefficient (Wildman–Crippen LogP) is 5.26. The molecule has 0 unspecified atom stereocenters. The first-order valence-electron chi connectivity index (χ1n) is 13.2. The van der Waals surface area contributed by atoms with E-state index in [1.54, 1.807) is 66.0 Å². The van der Waals surface area contributed by atoms with Crippen molar-refractivity contribution in [2.75, 3.05) is 38.2 Å². The van der Waals surface area contributed by atoms with Crippen LogP contribution >= 0.6 is 48.3 Å². The van der Waals surface area contributed by atoms with Gasteiger partial charge in [-0.15, -0.1) is 24.8 Å². The first-order valence-corrected chi connectivity index (χ1v) is 16.0. The van der Waals surface area contributed by atoms with Crippen LogP contribution in [-0.2, 0) is 14.4 Å². The van der Waals surface area contributed by atoms with Crippen LogP contribution < -0.4 is 30.4 Å². The summed E-state index contributed by atoms with van der Waals surface area (Å²) >= 11 is 3.18. The second kappa shape index (κ2) is 22.4. The monoisotopic (exact) mass is 702 g/mol. The van der Waals surface area contributed by atoms with Gasteiger partial charge in [-0.05, 0) is 84.4 Å². The maximum Gasteiger partial charge on any atom is 0.328 e. The average molecular weight is 704 g/mol. The van der Waals surface area contributed by atoms with E-state index >= 15 is 0 Å². The zero-order valence-electron chi connectivity index (χ0n) is 25.4. The Morgan fingerprint density at radius 2 is 1.18 bits per heavy atom. The van der Waals surface area contributed by atoms with E-state index < -0.39 is 29.8 Å². The van der Waals surface area contributed by atoms with Gasteiger partial charge in [0.15, 0.2) is 28.8 Å². The molecule has 10 nitrogen and oxygen atoms in total. The van der Waals surface area contributed by atoms with Gasteiger partial charge in [0, 0.05) is 6.08 Å². The Balaban J connectivity index is 0.00000968. The van der Waals surface area contributed by atoms with E-state index in [-0.39, 0.29) is 42.1 Å². The number of thioether (sulfide) groups is 2. The third kappa shape index (κ3) is 14.7. The van der Waals surface area contributed by atoms with E-state index in [4.69, 9.17) is 30.4 Å². The van der Waals surface area contributed by atoms with Crippen LogP contribution in [0.1, 0.15) is 24.0 Å². The number of nitrogens with two attached hydrogens (primary N) is 2. The van der Waals surface area contributed by atoms with Crippen LogP contribution in [0, 0.1) is 0 Å². The van der Waals surface area contributed by atoms with Crippen molar-refractivity contribution in [1.82, 2.24) is 0 Å². The smallest absolute Gasteiger partial charge is 0.328 e. The number of aliphatic hydroxyl groups is 1. The molecule has 2 rings (SSSR count). The largest absolute Gasteiger partial charge is 0.508 e. The number of allylic oxidation sites excluding steroid dienone is 3. The number of carbonyl (C=O) groups is 3. The maximum atomic E-state index is 12.4. The van der Waals surface area contributed by atoms with Crippen LogP contribution in [0.2, 0.25) is 0 Å². The molecule has 0 spiro atoms. The van der Waals surface area contributed by atoms with Gasteiger partial charge < -0.3 is 35.5 Å². The molecule has 0 aliphatic rings. The summed E-state index contributed by atoms with van der Waals surface area (Å²) in [6.07, 6.45) is 11.6. The van der Waals surface area contributed by atoms with Crippen LogP contribution in [0.3, 0.4) is 0 Å². The van der Waals surface area contributed by atoms with Crippen LogP contribution in [-0.4, -0.2) is 73.1 Å². The second-order valence-electron chi connectivity index (χ2n) is 9.08. The van der Waals surface area contributed by atoms with Crippen LogP contribution in [0.5, 0.6) is 23.0 Å². The van der Waals surface area contributed by atoms with Crippen molar-refractivity contribution in [2.45, 2.75) is 24.9 Å². The third-order valence-electron chi connectivity index (χ3n) is 5.84. The summed E-state index contributed by atoms with van der Waals surface area (Å²) in [5.74, 6) is 0.678. The minimum Gasteiger partial charge on any atom is -0.508 e. The number of aliphatic hydroxyl groups excluding tert-OH is 1. The maximum absolute atomic E-state index is 12.4. The van der Waals surface area contributed by atoms with E-state index in [0.29, 0.717) is 35.5 Å². The number of hydrogen-bond donors (Lipinski definition) is 3. The van der Waals surface area contributed by atoms with Gasteiger partial charge in [-0.3, -0.25) is 4.79 Å². The lowest BCUT2D eigenvalue weighted by atomic mass is 10.1. The lowest BCUT2D eigenvalue weighted by Crippen LogP contribution is -2.34. The molecule has 45 heavy (non-hydrogen) atoms. The molecule has 0 saturated heterocycles. The number of ether oxygens (including phenoxy) is 4. The summed E-state index contributed by atoms with van der Waals surface area (Å²) in [4.78, 5) is 36.9. The van der Waals surface area contributed by atoms with Gasteiger partial charge in [0.2, 0.25) is 0 Å². The summed E-state index contributed by atoms with van der Waals surface area (Å²) in [6, 6.07) is 8.17. The Hall–Kier alpha value is -3.13. The SMILES string of the molecule is COc1cc(/C=C/C(=O)/C=C(O)/C=C/c2ccc(OC(=O)[C@@H](N)CCSC)c(OC)c2)ccc1OC(=O)[C@@H](N)CCSC.Cl.Cl. The number of benzene rings is 2. The topological polar surface area (TPSA) is 160 Å². The Morgan fingerprint density at radius 3 is 1.58 bits per heavy atom. The second-order valence-corrected chi connectivity index (χ2v) is 11.0. The molecule has 248 valence electrons. The Morgan fingerprint density at radius 1 is 0.756 bits per heavy atom. The van der Waals surface area contributed by atoms with Gasteiger partial charge in [0.1, 0.15) is 17.8 Å². The molecular weight excluding hydrogens is 663 g/mol. The molecule has 0 aromatic heterocycles. The Labute approximate surface area is 284 Å². The molecule has 2 atom stereocenters. The fraction of sp³-hybridized carbons (Fsp3) is 0.323. The van der Waals surface area contributed by atoms with Gasteiger partial charge in [0.05, 0.1) is 14.2 Å². The summed E-state index contributed by atoms with van der Waals surface area (Å²) in [6.45, 7) is 0. The van der Waals surface area contributed by atoms with E-state index in [9.17, 15) is 19.5 Å². The molecule has 0 amide bonds. The van der Waals surface area contributed by atoms with Crippen molar-refractivity contribution in [3.05, 3.63) is 71.5 Å². The molecule has 0 bridgehead atoms. The van der Waals surface area contributed by atoms with Crippen molar-refractivity contribution in [3.63, 3.8) is 0 Å². The number of hydrogen-bond acceptors (Lipinski definition) is 12. The van der Waals surface area contributed by atoms with Gasteiger partial charge >= 0.3 is 11.9 Å². The summed E-state index contributed by atoms with van der Waals surface area (Å²) in [5, 5.41) is 10.2. The summed E-state index contributed by atoms with van der Waals surface area (Å²) < 4.78 is 21.4. The zero-order chi connectivity index (χ0) is 31.8. The molecule has 0 aliphatic heterocycles. The molecule has 0 aliphatic carbocycles. The molecule has 0 saturated carbocycles. The highest BCUT2D eigenvalue weighted by atomic mass is 35.5. The fourth-order valence-corrected chi connectivity index (χ4v) is 4.42. The number of methoxy groups -OCH3 is 2.